The first-order valence-electron chi connectivity index (χ1n) is 3.50. The van der Waals surface area contributed by atoms with Crippen LogP contribution in [-0.4, -0.2) is 20.0 Å². The Bertz CT molecular complexity index is 216. The van der Waals surface area contributed by atoms with E-state index in [1.165, 1.54) is 12.4 Å². The van der Waals surface area contributed by atoms with Crippen LogP contribution in [0.4, 0.5) is 0 Å². The maximum atomic E-state index is 9.41. The highest BCUT2D eigenvalue weighted by Gasteiger charge is 2.29. The predicted molar refractivity (Wildman–Crippen MR) is 39.5 cm³/mol. The Balaban J connectivity index is 2.90. The number of rotatable bonds is 2. The van der Waals surface area contributed by atoms with E-state index in [1.54, 1.807) is 19.9 Å². The maximum Gasteiger partial charge on any atom is 0.268 e. The average Bonchev–Trinajstić information content (AvgIpc) is 2.37. The fraction of sp³-hybridized carbons (Fsp3) is 0.571. The Morgan fingerprint density at radius 2 is 2.09 bits per heavy atom. The van der Waals surface area contributed by atoms with E-state index in [2.05, 4.69) is 5.10 Å². The van der Waals surface area contributed by atoms with Gasteiger partial charge >= 0.3 is 0 Å². The normalized spacial score (nSPS) is 12.5. The van der Waals surface area contributed by atoms with Gasteiger partial charge in [0.2, 0.25) is 0 Å². The van der Waals surface area contributed by atoms with Gasteiger partial charge in [-0.25, -0.2) is 4.68 Å². The third kappa shape index (κ3) is 1.41. The van der Waals surface area contributed by atoms with E-state index >= 15 is 0 Å². The summed E-state index contributed by atoms with van der Waals surface area (Å²) < 4.78 is 1.12. The summed E-state index contributed by atoms with van der Waals surface area (Å²) in [6.45, 7) is 3.42. The third-order valence-corrected chi connectivity index (χ3v) is 1.62. The highest BCUT2D eigenvalue weighted by atomic mass is 16.5. The van der Waals surface area contributed by atoms with Gasteiger partial charge < -0.3 is 10.2 Å². The van der Waals surface area contributed by atoms with E-state index in [9.17, 15) is 10.2 Å². The van der Waals surface area contributed by atoms with E-state index < -0.39 is 5.91 Å². The van der Waals surface area contributed by atoms with Crippen LogP contribution in [0.3, 0.4) is 0 Å². The van der Waals surface area contributed by atoms with Crippen LogP contribution in [0.5, 0.6) is 0 Å². The molecule has 1 rings (SSSR count). The standard InChI is InChI=1S/C7H12N2O2/c1-6(2)7(10,11)9-5-3-4-8-9/h3-6,10-11H,1-2H3. The van der Waals surface area contributed by atoms with Gasteiger partial charge in [-0.15, -0.1) is 0 Å². The van der Waals surface area contributed by atoms with Gasteiger partial charge in [-0.3, -0.25) is 0 Å². The van der Waals surface area contributed by atoms with Crippen LogP contribution in [0.25, 0.3) is 0 Å². The van der Waals surface area contributed by atoms with Gasteiger partial charge in [0.1, 0.15) is 0 Å². The van der Waals surface area contributed by atoms with E-state index in [4.69, 9.17) is 0 Å². The second-order valence-electron chi connectivity index (χ2n) is 2.79. The summed E-state index contributed by atoms with van der Waals surface area (Å²) in [5, 5.41) is 22.5. The van der Waals surface area contributed by atoms with E-state index in [0.717, 1.165) is 4.68 Å². The molecule has 62 valence electrons. The van der Waals surface area contributed by atoms with Crippen molar-refractivity contribution in [3.05, 3.63) is 18.5 Å². The molecule has 0 saturated carbocycles. The molecule has 0 radical (unpaired) electrons. The van der Waals surface area contributed by atoms with Crippen molar-refractivity contribution in [2.75, 3.05) is 0 Å². The first-order valence-corrected chi connectivity index (χ1v) is 3.50. The lowest BCUT2D eigenvalue weighted by molar-refractivity contribution is -0.265. The molecule has 0 aliphatic rings. The average molecular weight is 156 g/mol. The molecule has 0 spiro atoms. The van der Waals surface area contributed by atoms with Crippen molar-refractivity contribution in [3.63, 3.8) is 0 Å². The summed E-state index contributed by atoms with van der Waals surface area (Å²) in [5.74, 6) is -2.16. The fourth-order valence-electron chi connectivity index (χ4n) is 0.728. The zero-order valence-electron chi connectivity index (χ0n) is 6.60. The number of aliphatic hydroxyl groups is 2. The Morgan fingerprint density at radius 3 is 2.45 bits per heavy atom. The van der Waals surface area contributed by atoms with Crippen LogP contribution in [0, 0.1) is 5.92 Å². The summed E-state index contributed by atoms with van der Waals surface area (Å²) in [6.07, 6.45) is 3.02. The molecule has 0 saturated heterocycles. The topological polar surface area (TPSA) is 58.3 Å². The molecule has 0 aliphatic heterocycles. The minimum absolute atomic E-state index is 0.289. The third-order valence-electron chi connectivity index (χ3n) is 1.62. The maximum absolute atomic E-state index is 9.41. The van der Waals surface area contributed by atoms with Crippen molar-refractivity contribution in [1.82, 2.24) is 9.78 Å². The van der Waals surface area contributed by atoms with Crippen molar-refractivity contribution in [2.45, 2.75) is 19.8 Å². The fourth-order valence-corrected chi connectivity index (χ4v) is 0.728. The molecule has 0 aliphatic carbocycles. The molecular formula is C7H12N2O2. The van der Waals surface area contributed by atoms with Gasteiger partial charge in [0.25, 0.3) is 5.91 Å². The first-order chi connectivity index (χ1) is 5.05. The molecule has 1 aromatic rings. The molecule has 0 aromatic carbocycles. The summed E-state index contributed by atoms with van der Waals surface area (Å²) in [4.78, 5) is 0. The molecule has 0 fully saturated rings. The van der Waals surface area contributed by atoms with Crippen LogP contribution in [0.1, 0.15) is 13.8 Å². The largest absolute Gasteiger partial charge is 0.347 e. The van der Waals surface area contributed by atoms with Crippen molar-refractivity contribution < 1.29 is 10.2 Å². The number of aromatic nitrogens is 2. The van der Waals surface area contributed by atoms with Gasteiger partial charge in [0.05, 0.1) is 0 Å². The van der Waals surface area contributed by atoms with Gasteiger partial charge in [0.15, 0.2) is 0 Å². The molecule has 1 heterocycles. The zero-order valence-corrected chi connectivity index (χ0v) is 6.60. The molecule has 11 heavy (non-hydrogen) atoms. The molecule has 4 nitrogen and oxygen atoms in total. The second kappa shape index (κ2) is 2.64. The molecule has 0 bridgehead atoms. The van der Waals surface area contributed by atoms with Crippen molar-refractivity contribution in [1.29, 1.82) is 0 Å². The molecule has 1 aromatic heterocycles. The lowest BCUT2D eigenvalue weighted by atomic mass is 10.1. The first kappa shape index (κ1) is 8.23. The van der Waals surface area contributed by atoms with Crippen LogP contribution in [0.15, 0.2) is 18.5 Å². The SMILES string of the molecule is CC(C)C(O)(O)n1cccn1. The molecule has 0 unspecified atom stereocenters. The molecule has 4 heteroatoms. The monoisotopic (exact) mass is 156 g/mol. The lowest BCUT2D eigenvalue weighted by Gasteiger charge is -2.25. The Hall–Kier alpha value is -0.870. The molecule has 2 N–H and O–H groups in total. The van der Waals surface area contributed by atoms with E-state index in [1.807, 2.05) is 0 Å². The van der Waals surface area contributed by atoms with Crippen LogP contribution < -0.4 is 0 Å². The van der Waals surface area contributed by atoms with Crippen LogP contribution in [-0.2, 0) is 5.91 Å². The van der Waals surface area contributed by atoms with Gasteiger partial charge in [0, 0.05) is 18.3 Å². The highest BCUT2D eigenvalue weighted by molar-refractivity contribution is 4.81. The summed E-state index contributed by atoms with van der Waals surface area (Å²) in [6, 6.07) is 1.64. The number of nitrogens with zero attached hydrogens (tertiary/aromatic N) is 2. The van der Waals surface area contributed by atoms with Crippen molar-refractivity contribution in [2.24, 2.45) is 5.92 Å². The Kier molecular flexibility index (Phi) is 1.97. The Morgan fingerprint density at radius 1 is 1.45 bits per heavy atom. The zero-order chi connectivity index (χ0) is 8.48. The molecular weight excluding hydrogens is 144 g/mol. The molecule has 0 atom stereocenters. The summed E-state index contributed by atoms with van der Waals surface area (Å²) in [5.41, 5.74) is 0. The summed E-state index contributed by atoms with van der Waals surface area (Å²) >= 11 is 0. The van der Waals surface area contributed by atoms with Crippen LogP contribution in [0.2, 0.25) is 0 Å². The molecule has 0 amide bonds. The lowest BCUT2D eigenvalue weighted by Crippen LogP contribution is -2.38. The number of hydrogen-bond acceptors (Lipinski definition) is 3. The minimum Gasteiger partial charge on any atom is -0.347 e. The highest BCUT2D eigenvalue weighted by Crippen LogP contribution is 2.17. The van der Waals surface area contributed by atoms with Gasteiger partial charge in [-0.2, -0.15) is 5.10 Å². The van der Waals surface area contributed by atoms with Gasteiger partial charge in [-0.1, -0.05) is 13.8 Å². The van der Waals surface area contributed by atoms with Crippen molar-refractivity contribution in [3.8, 4) is 0 Å². The minimum atomic E-state index is -1.87. The second-order valence-corrected chi connectivity index (χ2v) is 2.79. The van der Waals surface area contributed by atoms with E-state index in [-0.39, 0.29) is 5.92 Å². The smallest absolute Gasteiger partial charge is 0.268 e. The van der Waals surface area contributed by atoms with Crippen LogP contribution >= 0.6 is 0 Å². The summed E-state index contributed by atoms with van der Waals surface area (Å²) in [7, 11) is 0. The van der Waals surface area contributed by atoms with E-state index in [0.29, 0.717) is 0 Å². The van der Waals surface area contributed by atoms with Crippen molar-refractivity contribution >= 4 is 0 Å². The quantitative estimate of drug-likeness (QED) is 0.598. The number of hydrogen-bond donors (Lipinski definition) is 2. The Labute approximate surface area is 65.1 Å². The van der Waals surface area contributed by atoms with Gasteiger partial charge in [-0.05, 0) is 6.07 Å². The predicted octanol–water partition coefficient (Wildman–Crippen LogP) is 0.134.